The summed E-state index contributed by atoms with van der Waals surface area (Å²) in [5, 5.41) is 0.479. The average Bonchev–Trinajstić information content (AvgIpc) is 2.51. The van der Waals surface area contributed by atoms with Crippen molar-refractivity contribution in [2.75, 3.05) is 12.4 Å². The van der Waals surface area contributed by atoms with Gasteiger partial charge in [0.1, 0.15) is 6.04 Å². The molecule has 0 aromatic heterocycles. The second kappa shape index (κ2) is 11.1. The lowest BCUT2D eigenvalue weighted by atomic mass is 9.82. The van der Waals surface area contributed by atoms with Crippen molar-refractivity contribution in [3.63, 3.8) is 0 Å². The number of esters is 1. The molecule has 0 radical (unpaired) electrons. The molecule has 3 atom stereocenters. The third-order valence-corrected chi connectivity index (χ3v) is 6.03. The quantitative estimate of drug-likeness (QED) is 0.360. The molecule has 4 heteroatoms. The van der Waals surface area contributed by atoms with Crippen molar-refractivity contribution in [3.05, 3.63) is 11.6 Å². The number of ether oxygens (including phenoxy) is 1. The Bertz CT molecular complexity index is 382. The van der Waals surface area contributed by atoms with Gasteiger partial charge in [-0.15, -0.1) is 0 Å². The molecule has 0 saturated heterocycles. The molecule has 1 aliphatic carbocycles. The fourth-order valence-corrected chi connectivity index (χ4v) is 4.61. The van der Waals surface area contributed by atoms with Gasteiger partial charge in [-0.25, -0.2) is 0 Å². The molecule has 0 aromatic carbocycles. The van der Waals surface area contributed by atoms with Gasteiger partial charge in [0.05, 0.1) is 6.61 Å². The SMILES string of the molecule is CCCCCCOC(=O)[C@@H](N)CSC1C=C(C)CCC1C(C)C. The van der Waals surface area contributed by atoms with Crippen LogP contribution < -0.4 is 5.73 Å². The van der Waals surface area contributed by atoms with Crippen LogP contribution in [0.5, 0.6) is 0 Å². The third-order valence-electron chi connectivity index (χ3n) is 4.61. The van der Waals surface area contributed by atoms with Crippen molar-refractivity contribution in [3.8, 4) is 0 Å². The summed E-state index contributed by atoms with van der Waals surface area (Å²) in [6.45, 7) is 9.46. The topological polar surface area (TPSA) is 52.3 Å². The van der Waals surface area contributed by atoms with Gasteiger partial charge in [0, 0.05) is 11.0 Å². The Morgan fingerprint density at radius 3 is 2.78 bits per heavy atom. The Labute approximate surface area is 146 Å². The first-order valence-corrected chi connectivity index (χ1v) is 10.2. The minimum absolute atomic E-state index is 0.244. The molecule has 2 unspecified atom stereocenters. The summed E-state index contributed by atoms with van der Waals surface area (Å²) in [6, 6.07) is -0.505. The molecular formula is C19H35NO2S. The fourth-order valence-electron chi connectivity index (χ4n) is 3.02. The van der Waals surface area contributed by atoms with Crippen molar-refractivity contribution < 1.29 is 9.53 Å². The average molecular weight is 342 g/mol. The minimum Gasteiger partial charge on any atom is -0.465 e. The van der Waals surface area contributed by atoms with E-state index in [1.165, 1.54) is 31.3 Å². The summed E-state index contributed by atoms with van der Waals surface area (Å²) < 4.78 is 5.29. The van der Waals surface area contributed by atoms with Crippen molar-refractivity contribution in [2.45, 2.75) is 77.5 Å². The van der Waals surface area contributed by atoms with Crippen LogP contribution in [0.15, 0.2) is 11.6 Å². The highest BCUT2D eigenvalue weighted by Gasteiger charge is 2.28. The molecule has 134 valence electrons. The molecule has 3 nitrogen and oxygen atoms in total. The molecule has 0 heterocycles. The van der Waals surface area contributed by atoms with Crippen LogP contribution in [-0.2, 0) is 9.53 Å². The fraction of sp³-hybridized carbons (Fsp3) is 0.842. The second-order valence-electron chi connectivity index (χ2n) is 7.09. The number of hydrogen-bond acceptors (Lipinski definition) is 4. The zero-order chi connectivity index (χ0) is 17.2. The highest BCUT2D eigenvalue weighted by Crippen LogP contribution is 2.36. The molecule has 0 bridgehead atoms. The monoisotopic (exact) mass is 341 g/mol. The second-order valence-corrected chi connectivity index (χ2v) is 8.30. The third kappa shape index (κ3) is 7.75. The van der Waals surface area contributed by atoms with Crippen molar-refractivity contribution in [2.24, 2.45) is 17.6 Å². The summed E-state index contributed by atoms with van der Waals surface area (Å²) in [5.41, 5.74) is 7.48. The molecule has 1 rings (SSSR count). The lowest BCUT2D eigenvalue weighted by Crippen LogP contribution is -2.36. The summed E-state index contributed by atoms with van der Waals surface area (Å²) in [4.78, 5) is 12.0. The maximum absolute atomic E-state index is 12.0. The normalized spacial score (nSPS) is 22.8. The zero-order valence-corrected chi connectivity index (χ0v) is 16.2. The van der Waals surface area contributed by atoms with Gasteiger partial charge in [0.15, 0.2) is 0 Å². The summed E-state index contributed by atoms with van der Waals surface area (Å²) in [6.07, 6.45) is 9.27. The van der Waals surface area contributed by atoms with Crippen LogP contribution in [0.25, 0.3) is 0 Å². The van der Waals surface area contributed by atoms with E-state index in [2.05, 4.69) is 33.8 Å². The van der Waals surface area contributed by atoms with E-state index in [4.69, 9.17) is 10.5 Å². The van der Waals surface area contributed by atoms with Gasteiger partial charge < -0.3 is 10.5 Å². The lowest BCUT2D eigenvalue weighted by molar-refractivity contribution is -0.144. The summed E-state index contributed by atoms with van der Waals surface area (Å²) >= 11 is 1.82. The highest BCUT2D eigenvalue weighted by molar-refractivity contribution is 8.00. The van der Waals surface area contributed by atoms with Crippen LogP contribution in [-0.4, -0.2) is 29.6 Å². The molecular weight excluding hydrogens is 306 g/mol. The van der Waals surface area contributed by atoms with Gasteiger partial charge in [-0.05, 0) is 38.0 Å². The minimum atomic E-state index is -0.505. The molecule has 0 saturated carbocycles. The van der Waals surface area contributed by atoms with Gasteiger partial charge >= 0.3 is 5.97 Å². The maximum atomic E-state index is 12.0. The van der Waals surface area contributed by atoms with Crippen LogP contribution in [0, 0.1) is 11.8 Å². The van der Waals surface area contributed by atoms with Crippen molar-refractivity contribution in [1.29, 1.82) is 0 Å². The van der Waals surface area contributed by atoms with Crippen LogP contribution in [0.1, 0.15) is 66.2 Å². The molecule has 0 fully saturated rings. The first-order valence-electron chi connectivity index (χ1n) is 9.16. The maximum Gasteiger partial charge on any atom is 0.323 e. The van der Waals surface area contributed by atoms with Gasteiger partial charge in [0.25, 0.3) is 0 Å². The Kier molecular flexibility index (Phi) is 9.96. The molecule has 2 N–H and O–H groups in total. The number of nitrogens with two attached hydrogens (primary N) is 1. The van der Waals surface area contributed by atoms with Crippen LogP contribution >= 0.6 is 11.8 Å². The first kappa shape index (κ1) is 20.6. The molecule has 0 aliphatic heterocycles. The summed E-state index contributed by atoms with van der Waals surface area (Å²) in [5.74, 6) is 1.75. The van der Waals surface area contributed by atoms with Gasteiger partial charge in [-0.2, -0.15) is 11.8 Å². The predicted octanol–water partition coefficient (Wildman–Crippen LogP) is 4.55. The Morgan fingerprint density at radius 1 is 1.39 bits per heavy atom. The highest BCUT2D eigenvalue weighted by atomic mass is 32.2. The Hall–Kier alpha value is -0.480. The number of thioether (sulfide) groups is 1. The van der Waals surface area contributed by atoms with E-state index in [1.54, 1.807) is 0 Å². The number of hydrogen-bond donors (Lipinski definition) is 1. The largest absolute Gasteiger partial charge is 0.465 e. The van der Waals surface area contributed by atoms with Crippen LogP contribution in [0.4, 0.5) is 0 Å². The van der Waals surface area contributed by atoms with E-state index in [0.717, 1.165) is 12.8 Å². The van der Waals surface area contributed by atoms with Crippen molar-refractivity contribution >= 4 is 17.7 Å². The van der Waals surface area contributed by atoms with E-state index in [9.17, 15) is 4.79 Å². The predicted molar refractivity (Wildman–Crippen MR) is 101 cm³/mol. The Balaban J connectivity index is 2.34. The van der Waals surface area contributed by atoms with E-state index < -0.39 is 6.04 Å². The summed E-state index contributed by atoms with van der Waals surface area (Å²) in [7, 11) is 0. The van der Waals surface area contributed by atoms with Gasteiger partial charge in [0.2, 0.25) is 0 Å². The van der Waals surface area contributed by atoms with E-state index >= 15 is 0 Å². The van der Waals surface area contributed by atoms with Crippen LogP contribution in [0.3, 0.4) is 0 Å². The molecule has 0 aromatic rings. The number of unbranched alkanes of at least 4 members (excludes halogenated alkanes) is 3. The lowest BCUT2D eigenvalue weighted by Gasteiger charge is -2.32. The van der Waals surface area contributed by atoms with E-state index in [-0.39, 0.29) is 5.97 Å². The molecule has 1 aliphatic rings. The number of carbonyl (C=O) groups excluding carboxylic acids is 1. The van der Waals surface area contributed by atoms with Crippen LogP contribution in [0.2, 0.25) is 0 Å². The molecule has 0 spiro atoms. The number of allylic oxidation sites excluding steroid dienone is 1. The van der Waals surface area contributed by atoms with E-state index in [1.807, 2.05) is 11.8 Å². The standard InChI is InChI=1S/C19H35NO2S/c1-5-6-7-8-11-22-19(21)17(20)13-23-18-12-15(4)9-10-16(18)14(2)3/h12,14,16-18H,5-11,13,20H2,1-4H3/t16?,17-,18?/m0/s1. The molecule has 23 heavy (non-hydrogen) atoms. The first-order chi connectivity index (χ1) is 11.0. The van der Waals surface area contributed by atoms with Gasteiger partial charge in [-0.1, -0.05) is 51.7 Å². The number of rotatable bonds is 10. The Morgan fingerprint density at radius 2 is 2.13 bits per heavy atom. The smallest absolute Gasteiger partial charge is 0.323 e. The van der Waals surface area contributed by atoms with Gasteiger partial charge in [-0.3, -0.25) is 4.79 Å². The van der Waals surface area contributed by atoms with E-state index in [0.29, 0.717) is 29.4 Å². The van der Waals surface area contributed by atoms with Crippen molar-refractivity contribution in [1.82, 2.24) is 0 Å². The number of carbonyl (C=O) groups is 1. The zero-order valence-electron chi connectivity index (χ0n) is 15.3. The molecule has 0 amide bonds.